The first-order valence-electron chi connectivity index (χ1n) is 5.96. The van der Waals surface area contributed by atoms with E-state index in [4.69, 9.17) is 5.11 Å². The third-order valence-corrected chi connectivity index (χ3v) is 3.62. The average molecular weight is 330 g/mol. The van der Waals surface area contributed by atoms with Crippen molar-refractivity contribution in [1.82, 2.24) is 4.90 Å². The number of aliphatic carboxylic acids is 1. The van der Waals surface area contributed by atoms with Crippen molar-refractivity contribution < 1.29 is 19.1 Å². The molecule has 0 radical (unpaired) electrons. The Morgan fingerprint density at radius 2 is 2.16 bits per heavy atom. The highest BCUT2D eigenvalue weighted by molar-refractivity contribution is 9.10. The van der Waals surface area contributed by atoms with Crippen molar-refractivity contribution in [3.8, 4) is 0 Å². The summed E-state index contributed by atoms with van der Waals surface area (Å²) in [6.07, 6.45) is 1.39. The number of carboxylic acid groups (broad SMARTS) is 1. The maximum Gasteiger partial charge on any atom is 0.305 e. The van der Waals surface area contributed by atoms with Crippen LogP contribution < -0.4 is 0 Å². The third-order valence-electron chi connectivity index (χ3n) is 3.16. The molecule has 1 heterocycles. The molecule has 1 aliphatic heterocycles. The molecule has 0 saturated carbocycles. The van der Waals surface area contributed by atoms with E-state index in [9.17, 15) is 14.0 Å². The number of halogens is 2. The summed E-state index contributed by atoms with van der Waals surface area (Å²) in [5.41, 5.74) is 0.240. The van der Waals surface area contributed by atoms with Gasteiger partial charge in [0.15, 0.2) is 0 Å². The number of carbonyl (C=O) groups excluding carboxylic acids is 1. The molecule has 1 aliphatic rings. The summed E-state index contributed by atoms with van der Waals surface area (Å²) < 4.78 is 13.8. The lowest BCUT2D eigenvalue weighted by Gasteiger charge is -2.23. The Morgan fingerprint density at radius 1 is 1.42 bits per heavy atom. The van der Waals surface area contributed by atoms with E-state index in [1.807, 2.05) is 0 Å². The molecule has 1 aromatic carbocycles. The maximum absolute atomic E-state index is 13.3. The first-order chi connectivity index (χ1) is 8.97. The smallest absolute Gasteiger partial charge is 0.305 e. The number of amides is 1. The Balaban J connectivity index is 2.20. The molecule has 1 unspecified atom stereocenters. The number of rotatable bonds is 3. The lowest BCUT2D eigenvalue weighted by molar-refractivity contribution is -0.137. The molecule has 1 saturated heterocycles. The normalized spacial score (nSPS) is 18.6. The number of nitrogens with zero attached hydrogens (tertiary/aromatic N) is 1. The fraction of sp³-hybridized carbons (Fsp3) is 0.385. The summed E-state index contributed by atoms with van der Waals surface area (Å²) in [7, 11) is 0. The van der Waals surface area contributed by atoms with Crippen LogP contribution in [0.1, 0.15) is 29.6 Å². The lowest BCUT2D eigenvalue weighted by Crippen LogP contribution is -2.36. The highest BCUT2D eigenvalue weighted by Crippen LogP contribution is 2.24. The van der Waals surface area contributed by atoms with Gasteiger partial charge in [-0.3, -0.25) is 9.59 Å². The molecule has 1 N–H and O–H groups in total. The van der Waals surface area contributed by atoms with Crippen molar-refractivity contribution in [2.75, 3.05) is 6.54 Å². The summed E-state index contributed by atoms with van der Waals surface area (Å²) >= 11 is 3.14. The summed E-state index contributed by atoms with van der Waals surface area (Å²) in [4.78, 5) is 24.6. The number of carboxylic acids is 1. The van der Waals surface area contributed by atoms with E-state index in [-0.39, 0.29) is 23.9 Å². The van der Waals surface area contributed by atoms with Crippen molar-refractivity contribution >= 4 is 27.8 Å². The van der Waals surface area contributed by atoms with Gasteiger partial charge in [-0.2, -0.15) is 0 Å². The van der Waals surface area contributed by atoms with E-state index in [2.05, 4.69) is 15.9 Å². The number of hydrogen-bond acceptors (Lipinski definition) is 2. The van der Waals surface area contributed by atoms with Gasteiger partial charge in [-0.25, -0.2) is 4.39 Å². The van der Waals surface area contributed by atoms with Crippen LogP contribution in [-0.4, -0.2) is 34.5 Å². The molecule has 0 aliphatic carbocycles. The van der Waals surface area contributed by atoms with Crippen molar-refractivity contribution in [2.24, 2.45) is 0 Å². The minimum absolute atomic E-state index is 0.0672. The molecule has 1 atom stereocenters. The van der Waals surface area contributed by atoms with E-state index in [0.717, 1.165) is 6.42 Å². The highest BCUT2D eigenvalue weighted by atomic mass is 79.9. The molecular formula is C13H13BrFNO3. The van der Waals surface area contributed by atoms with Gasteiger partial charge in [0, 0.05) is 22.6 Å². The molecule has 19 heavy (non-hydrogen) atoms. The molecule has 0 aromatic heterocycles. The molecule has 6 heteroatoms. The fourth-order valence-electron chi connectivity index (χ4n) is 2.36. The minimum Gasteiger partial charge on any atom is -0.481 e. The highest BCUT2D eigenvalue weighted by Gasteiger charge is 2.31. The molecule has 0 spiro atoms. The van der Waals surface area contributed by atoms with E-state index in [1.54, 1.807) is 6.07 Å². The fourth-order valence-corrected chi connectivity index (χ4v) is 2.83. The summed E-state index contributed by atoms with van der Waals surface area (Å²) in [6, 6.07) is 3.69. The van der Waals surface area contributed by atoms with Crippen molar-refractivity contribution in [3.05, 3.63) is 34.1 Å². The van der Waals surface area contributed by atoms with E-state index < -0.39 is 11.8 Å². The summed E-state index contributed by atoms with van der Waals surface area (Å²) in [5.74, 6) is -1.74. The number of benzene rings is 1. The van der Waals surface area contributed by atoms with Gasteiger partial charge in [-0.15, -0.1) is 0 Å². The zero-order valence-corrected chi connectivity index (χ0v) is 11.7. The Morgan fingerprint density at radius 3 is 2.79 bits per heavy atom. The van der Waals surface area contributed by atoms with Crippen molar-refractivity contribution in [2.45, 2.75) is 25.3 Å². The van der Waals surface area contributed by atoms with Gasteiger partial charge in [-0.05, 0) is 31.0 Å². The number of carbonyl (C=O) groups is 2. The van der Waals surface area contributed by atoms with E-state index in [1.165, 1.54) is 17.0 Å². The van der Waals surface area contributed by atoms with Crippen molar-refractivity contribution in [3.63, 3.8) is 0 Å². The molecule has 2 rings (SSSR count). The van der Waals surface area contributed by atoms with Crippen molar-refractivity contribution in [1.29, 1.82) is 0 Å². The average Bonchev–Trinajstić information content (AvgIpc) is 2.73. The van der Waals surface area contributed by atoms with Gasteiger partial charge in [-0.1, -0.05) is 15.9 Å². The lowest BCUT2D eigenvalue weighted by atomic mass is 10.1. The zero-order valence-electron chi connectivity index (χ0n) is 10.1. The van der Waals surface area contributed by atoms with Crippen LogP contribution in [0.3, 0.4) is 0 Å². The number of hydrogen-bond donors (Lipinski definition) is 1. The maximum atomic E-state index is 13.3. The van der Waals surface area contributed by atoms with E-state index in [0.29, 0.717) is 17.4 Å². The first kappa shape index (κ1) is 14.0. The molecule has 1 fully saturated rings. The van der Waals surface area contributed by atoms with Crippen LogP contribution >= 0.6 is 15.9 Å². The second-order valence-electron chi connectivity index (χ2n) is 4.55. The van der Waals surface area contributed by atoms with Crippen LogP contribution in [0.25, 0.3) is 0 Å². The molecular weight excluding hydrogens is 317 g/mol. The minimum atomic E-state index is -0.926. The van der Waals surface area contributed by atoms with E-state index >= 15 is 0 Å². The van der Waals surface area contributed by atoms with Crippen LogP contribution in [0.5, 0.6) is 0 Å². The van der Waals surface area contributed by atoms with Crippen LogP contribution in [0.2, 0.25) is 0 Å². The Bertz CT molecular complexity index is 500. The molecule has 1 amide bonds. The Kier molecular flexibility index (Phi) is 4.19. The second-order valence-corrected chi connectivity index (χ2v) is 5.47. The van der Waals surface area contributed by atoms with Gasteiger partial charge in [0.05, 0.1) is 6.42 Å². The predicted octanol–water partition coefficient (Wildman–Crippen LogP) is 2.67. The van der Waals surface area contributed by atoms with Gasteiger partial charge in [0.25, 0.3) is 5.91 Å². The van der Waals surface area contributed by atoms with Gasteiger partial charge in [0.1, 0.15) is 5.82 Å². The Hall–Kier alpha value is -1.43. The van der Waals surface area contributed by atoms with Crippen LogP contribution in [0.15, 0.2) is 22.7 Å². The largest absolute Gasteiger partial charge is 0.481 e. The number of likely N-dealkylation sites (tertiary alicyclic amines) is 1. The second kappa shape index (κ2) is 5.69. The molecule has 4 nitrogen and oxygen atoms in total. The quantitative estimate of drug-likeness (QED) is 0.927. The van der Waals surface area contributed by atoms with Crippen LogP contribution in [0.4, 0.5) is 4.39 Å². The molecule has 1 aromatic rings. The van der Waals surface area contributed by atoms with Gasteiger partial charge in [0.2, 0.25) is 0 Å². The molecule has 0 bridgehead atoms. The topological polar surface area (TPSA) is 57.6 Å². The predicted molar refractivity (Wildman–Crippen MR) is 70.4 cm³/mol. The van der Waals surface area contributed by atoms with Crippen LogP contribution in [-0.2, 0) is 4.79 Å². The monoisotopic (exact) mass is 329 g/mol. The van der Waals surface area contributed by atoms with Gasteiger partial charge >= 0.3 is 5.97 Å². The SMILES string of the molecule is O=C(O)CC1CCCN1C(=O)c1cc(F)cc(Br)c1. The standard InChI is InChI=1S/C13H13BrFNO3/c14-9-4-8(5-10(15)6-9)13(19)16-3-1-2-11(16)7-12(17)18/h4-6,11H,1-3,7H2,(H,17,18). The van der Waals surface area contributed by atoms with Crippen LogP contribution in [0, 0.1) is 5.82 Å². The Labute approximate surface area is 118 Å². The summed E-state index contributed by atoms with van der Waals surface area (Å²) in [5, 5.41) is 8.83. The summed E-state index contributed by atoms with van der Waals surface area (Å²) in [6.45, 7) is 0.519. The third kappa shape index (κ3) is 3.32. The first-order valence-corrected chi connectivity index (χ1v) is 6.75. The zero-order chi connectivity index (χ0) is 14.0. The molecule has 102 valence electrons. The van der Waals surface area contributed by atoms with Gasteiger partial charge < -0.3 is 10.0 Å².